The van der Waals surface area contributed by atoms with Crippen LogP contribution in [0.15, 0.2) is 30.5 Å². The summed E-state index contributed by atoms with van der Waals surface area (Å²) in [4.78, 5) is 19.8. The number of hydrogen-bond acceptors (Lipinski definition) is 4. The highest BCUT2D eigenvalue weighted by molar-refractivity contribution is 5.91. The van der Waals surface area contributed by atoms with Crippen molar-refractivity contribution >= 4 is 22.5 Å². The summed E-state index contributed by atoms with van der Waals surface area (Å²) in [5.74, 6) is -0.465. The number of benzene rings is 1. The van der Waals surface area contributed by atoms with Crippen LogP contribution in [0.25, 0.3) is 10.9 Å². The minimum atomic E-state index is -0.232. The number of amides is 1. The molecular formula is C19H23FN4O. The summed E-state index contributed by atoms with van der Waals surface area (Å²) in [5.41, 5.74) is 7.46. The van der Waals surface area contributed by atoms with Crippen molar-refractivity contribution in [3.8, 4) is 0 Å². The van der Waals surface area contributed by atoms with E-state index in [2.05, 4.69) is 21.8 Å². The number of carbonyl (C=O) groups is 1. The molecule has 5 nitrogen and oxygen atoms in total. The second kappa shape index (κ2) is 5.95. The molecule has 2 aliphatic rings. The number of hydrogen-bond donors (Lipinski definition) is 1. The van der Waals surface area contributed by atoms with Gasteiger partial charge in [0.1, 0.15) is 5.82 Å². The van der Waals surface area contributed by atoms with Gasteiger partial charge in [0, 0.05) is 56.4 Å². The molecule has 1 aromatic heterocycles. The summed E-state index contributed by atoms with van der Waals surface area (Å²) in [6.07, 6.45) is 4.49. The maximum Gasteiger partial charge on any atom is 0.218 e. The van der Waals surface area contributed by atoms with Crippen molar-refractivity contribution in [2.24, 2.45) is 11.1 Å². The van der Waals surface area contributed by atoms with Gasteiger partial charge >= 0.3 is 0 Å². The fraction of sp³-hybridized carbons (Fsp3) is 0.474. The molecule has 0 unspecified atom stereocenters. The molecule has 1 aliphatic carbocycles. The number of nitrogens with zero attached hydrogens (tertiary/aromatic N) is 3. The molecule has 2 aromatic rings. The lowest BCUT2D eigenvalue weighted by Gasteiger charge is -2.61. The van der Waals surface area contributed by atoms with Crippen molar-refractivity contribution < 1.29 is 9.18 Å². The van der Waals surface area contributed by atoms with E-state index < -0.39 is 0 Å². The molecule has 0 atom stereocenters. The summed E-state index contributed by atoms with van der Waals surface area (Å²) in [6.45, 7) is 2.87. The first-order valence-electron chi connectivity index (χ1n) is 8.74. The van der Waals surface area contributed by atoms with Gasteiger partial charge in [0.2, 0.25) is 5.91 Å². The Bertz CT molecular complexity index is 810. The molecule has 2 fully saturated rings. The minimum absolute atomic E-state index is 0.232. The largest absolute Gasteiger partial charge is 0.371 e. The van der Waals surface area contributed by atoms with E-state index in [0.29, 0.717) is 17.9 Å². The van der Waals surface area contributed by atoms with Crippen LogP contribution in [0.2, 0.25) is 0 Å². The first-order valence-corrected chi connectivity index (χ1v) is 8.74. The standard InChI is InChI=1S/C19H23FN4O/c1-23(17-4-6-22-16-3-2-13(20)8-15(16)17)14-9-19(10-14)11-24(12-19)7-5-18(21)25/h2-4,6,8,14H,5,7,9-12H2,1H3,(H2,21,25). The maximum absolute atomic E-state index is 13.7. The average Bonchev–Trinajstić information content (AvgIpc) is 2.50. The highest BCUT2D eigenvalue weighted by Gasteiger charge is 2.53. The molecule has 1 amide bonds. The number of halogens is 1. The number of nitrogens with two attached hydrogens (primary N) is 1. The summed E-state index contributed by atoms with van der Waals surface area (Å²) < 4.78 is 13.7. The Labute approximate surface area is 146 Å². The fourth-order valence-corrected chi connectivity index (χ4v) is 4.41. The number of likely N-dealkylation sites (tertiary alicyclic amines) is 1. The molecule has 1 saturated carbocycles. The Kier molecular flexibility index (Phi) is 3.87. The van der Waals surface area contributed by atoms with E-state index in [-0.39, 0.29) is 11.7 Å². The van der Waals surface area contributed by atoms with Gasteiger partial charge in [-0.05, 0) is 42.5 Å². The first-order chi connectivity index (χ1) is 12.0. The lowest BCUT2D eigenvalue weighted by molar-refractivity contribution is -0.120. The molecule has 6 heteroatoms. The van der Waals surface area contributed by atoms with E-state index in [9.17, 15) is 9.18 Å². The summed E-state index contributed by atoms with van der Waals surface area (Å²) in [5, 5.41) is 0.864. The Morgan fingerprint density at radius 3 is 2.88 bits per heavy atom. The van der Waals surface area contributed by atoms with Crippen molar-refractivity contribution in [3.05, 3.63) is 36.3 Å². The zero-order chi connectivity index (χ0) is 17.6. The number of anilines is 1. The van der Waals surface area contributed by atoms with Crippen molar-refractivity contribution in [1.29, 1.82) is 0 Å². The summed E-state index contributed by atoms with van der Waals surface area (Å²) in [7, 11) is 2.08. The number of primary amides is 1. The topological polar surface area (TPSA) is 62.5 Å². The predicted molar refractivity (Wildman–Crippen MR) is 95.8 cm³/mol. The van der Waals surface area contributed by atoms with E-state index in [0.717, 1.165) is 49.1 Å². The molecule has 1 saturated heterocycles. The molecule has 2 heterocycles. The smallest absolute Gasteiger partial charge is 0.218 e. The highest BCUT2D eigenvalue weighted by atomic mass is 19.1. The molecule has 2 N–H and O–H groups in total. The molecule has 1 aliphatic heterocycles. The van der Waals surface area contributed by atoms with Crippen molar-refractivity contribution in [1.82, 2.24) is 9.88 Å². The third-order valence-electron chi connectivity index (χ3n) is 5.74. The molecule has 0 radical (unpaired) electrons. The number of fused-ring (bicyclic) bond motifs is 1. The first kappa shape index (κ1) is 16.3. The average molecular weight is 342 g/mol. The van der Waals surface area contributed by atoms with Gasteiger partial charge in [-0.15, -0.1) is 0 Å². The number of carbonyl (C=O) groups excluding carboxylic acids is 1. The second-order valence-electron chi connectivity index (χ2n) is 7.59. The van der Waals surface area contributed by atoms with Gasteiger partial charge in [0.05, 0.1) is 5.52 Å². The zero-order valence-corrected chi connectivity index (χ0v) is 14.4. The van der Waals surface area contributed by atoms with Crippen LogP contribution in [-0.2, 0) is 4.79 Å². The van der Waals surface area contributed by atoms with Gasteiger partial charge in [-0.3, -0.25) is 9.78 Å². The minimum Gasteiger partial charge on any atom is -0.371 e. The van der Waals surface area contributed by atoms with Gasteiger partial charge in [0.15, 0.2) is 0 Å². The van der Waals surface area contributed by atoms with Crippen LogP contribution in [-0.4, -0.2) is 48.5 Å². The van der Waals surface area contributed by atoms with Crippen LogP contribution in [0.1, 0.15) is 19.3 Å². The third kappa shape index (κ3) is 2.95. The van der Waals surface area contributed by atoms with Gasteiger partial charge in [-0.1, -0.05) is 0 Å². The van der Waals surface area contributed by atoms with Gasteiger partial charge < -0.3 is 15.5 Å². The van der Waals surface area contributed by atoms with E-state index in [1.54, 1.807) is 18.3 Å². The molecular weight excluding hydrogens is 319 g/mol. The Morgan fingerprint density at radius 2 is 2.16 bits per heavy atom. The van der Waals surface area contributed by atoms with Crippen LogP contribution < -0.4 is 10.6 Å². The van der Waals surface area contributed by atoms with Crippen LogP contribution >= 0.6 is 0 Å². The number of pyridine rings is 1. The zero-order valence-electron chi connectivity index (χ0n) is 14.4. The van der Waals surface area contributed by atoms with Crippen LogP contribution in [0.4, 0.5) is 10.1 Å². The summed E-state index contributed by atoms with van der Waals surface area (Å²) >= 11 is 0. The third-order valence-corrected chi connectivity index (χ3v) is 5.74. The molecule has 1 spiro atoms. The fourth-order valence-electron chi connectivity index (χ4n) is 4.41. The van der Waals surface area contributed by atoms with Crippen LogP contribution in [0.3, 0.4) is 0 Å². The van der Waals surface area contributed by atoms with Gasteiger partial charge in [-0.25, -0.2) is 4.39 Å². The monoisotopic (exact) mass is 342 g/mol. The van der Waals surface area contributed by atoms with E-state index in [4.69, 9.17) is 5.73 Å². The quantitative estimate of drug-likeness (QED) is 0.904. The van der Waals surface area contributed by atoms with Crippen molar-refractivity contribution in [3.63, 3.8) is 0 Å². The lowest BCUT2D eigenvalue weighted by Crippen LogP contribution is -2.66. The second-order valence-corrected chi connectivity index (χ2v) is 7.59. The van der Waals surface area contributed by atoms with Crippen molar-refractivity contribution in [2.45, 2.75) is 25.3 Å². The van der Waals surface area contributed by atoms with Gasteiger partial charge in [0.25, 0.3) is 0 Å². The van der Waals surface area contributed by atoms with Crippen molar-refractivity contribution in [2.75, 3.05) is 31.6 Å². The molecule has 25 heavy (non-hydrogen) atoms. The van der Waals surface area contributed by atoms with E-state index in [1.807, 2.05) is 6.07 Å². The van der Waals surface area contributed by atoms with Crippen LogP contribution in [0.5, 0.6) is 0 Å². The Hall–Kier alpha value is -2.21. The summed E-state index contributed by atoms with van der Waals surface area (Å²) in [6, 6.07) is 7.18. The Balaban J connectivity index is 1.41. The highest BCUT2D eigenvalue weighted by Crippen LogP contribution is 2.51. The molecule has 4 rings (SSSR count). The van der Waals surface area contributed by atoms with E-state index >= 15 is 0 Å². The maximum atomic E-state index is 13.7. The SMILES string of the molecule is CN(c1ccnc2ccc(F)cc12)C1CC2(C1)CN(CCC(N)=O)C2. The number of rotatable bonds is 5. The van der Waals surface area contributed by atoms with Gasteiger partial charge in [-0.2, -0.15) is 0 Å². The molecule has 1 aromatic carbocycles. The van der Waals surface area contributed by atoms with Crippen LogP contribution in [0, 0.1) is 11.2 Å². The Morgan fingerprint density at radius 1 is 1.40 bits per heavy atom. The molecule has 0 bridgehead atoms. The van der Waals surface area contributed by atoms with E-state index in [1.165, 1.54) is 6.07 Å². The normalized spacial score (nSPS) is 19.6. The molecule has 132 valence electrons. The predicted octanol–water partition coefficient (Wildman–Crippen LogP) is 2.15. The number of aromatic nitrogens is 1. The lowest BCUT2D eigenvalue weighted by atomic mass is 9.60.